The summed E-state index contributed by atoms with van der Waals surface area (Å²) in [7, 11) is 0. The summed E-state index contributed by atoms with van der Waals surface area (Å²) in [6.07, 6.45) is 6.96. The van der Waals surface area contributed by atoms with Gasteiger partial charge in [0.05, 0.1) is 13.0 Å². The van der Waals surface area contributed by atoms with E-state index in [9.17, 15) is 9.59 Å². The van der Waals surface area contributed by atoms with E-state index in [4.69, 9.17) is 22.1 Å². The Morgan fingerprint density at radius 1 is 1.33 bits per heavy atom. The van der Waals surface area contributed by atoms with Crippen molar-refractivity contribution in [2.24, 2.45) is 0 Å². The number of carbonyl (C=O) groups excluding carboxylic acids is 2. The molecule has 0 rings (SSSR count). The molecule has 0 heterocycles. The monoisotopic (exact) mass is 313 g/mol. The lowest BCUT2D eigenvalue weighted by Gasteiger charge is -2.07. The maximum Gasteiger partial charge on any atom is 0.216 e. The number of thiocarbonyl (C=S) groups is 1. The summed E-state index contributed by atoms with van der Waals surface area (Å²) in [4.78, 5) is 22.5. The SMILES string of the molecule is CC(=O)NCCOC(=S)CC(=O)/C(C)=C/C=C/CCCO. The average Bonchev–Trinajstić information content (AvgIpc) is 2.42. The number of hydrogen-bond donors (Lipinski definition) is 2. The third-order valence-corrected chi connectivity index (χ3v) is 2.76. The van der Waals surface area contributed by atoms with Crippen molar-refractivity contribution in [2.45, 2.75) is 33.1 Å². The lowest BCUT2D eigenvalue weighted by molar-refractivity contribution is -0.119. The first kappa shape index (κ1) is 19.5. The maximum absolute atomic E-state index is 11.8. The van der Waals surface area contributed by atoms with Crippen molar-refractivity contribution in [2.75, 3.05) is 19.8 Å². The molecule has 0 bridgehead atoms. The fraction of sp³-hybridized carbons (Fsp3) is 0.533. The molecule has 0 aliphatic heterocycles. The first-order valence-electron chi connectivity index (χ1n) is 6.85. The Kier molecular flexibility index (Phi) is 11.3. The fourth-order valence-corrected chi connectivity index (χ4v) is 1.54. The van der Waals surface area contributed by atoms with Crippen molar-refractivity contribution in [1.29, 1.82) is 0 Å². The van der Waals surface area contributed by atoms with Crippen LogP contribution in [0.3, 0.4) is 0 Å². The molecule has 1 amide bonds. The van der Waals surface area contributed by atoms with E-state index in [1.54, 1.807) is 19.1 Å². The lowest BCUT2D eigenvalue weighted by atomic mass is 10.1. The van der Waals surface area contributed by atoms with Gasteiger partial charge in [0.1, 0.15) is 6.61 Å². The Morgan fingerprint density at radius 2 is 2.05 bits per heavy atom. The number of unbranched alkanes of at least 4 members (excludes halogenated alkanes) is 1. The normalized spacial score (nSPS) is 11.5. The Labute approximate surface area is 131 Å². The molecule has 0 unspecified atom stereocenters. The zero-order valence-electron chi connectivity index (χ0n) is 12.6. The Bertz CT molecular complexity index is 416. The number of hydrogen-bond acceptors (Lipinski definition) is 5. The minimum absolute atomic E-state index is 0.0578. The summed E-state index contributed by atoms with van der Waals surface area (Å²) in [6.45, 7) is 3.93. The van der Waals surface area contributed by atoms with Crippen molar-refractivity contribution < 1.29 is 19.4 Å². The van der Waals surface area contributed by atoms with Gasteiger partial charge in [0.15, 0.2) is 10.8 Å². The Hall–Kier alpha value is -1.53. The minimum atomic E-state index is -0.132. The Morgan fingerprint density at radius 3 is 2.67 bits per heavy atom. The molecule has 0 aromatic carbocycles. The van der Waals surface area contributed by atoms with Gasteiger partial charge in [-0.15, -0.1) is 0 Å². The topological polar surface area (TPSA) is 75.6 Å². The second-order valence-electron chi connectivity index (χ2n) is 4.45. The standard InChI is InChI=1S/C15H23NO4S/c1-12(7-5-3-4-6-9-17)14(19)11-15(21)20-10-8-16-13(2)18/h3,5,7,17H,4,6,8-11H2,1-2H3,(H,16,18)/b5-3+,12-7+. The zero-order chi connectivity index (χ0) is 16.1. The predicted molar refractivity (Wildman–Crippen MR) is 86.1 cm³/mol. The molecule has 0 spiro atoms. The molecule has 2 N–H and O–H groups in total. The number of rotatable bonds is 10. The molecule has 0 radical (unpaired) electrons. The summed E-state index contributed by atoms with van der Waals surface area (Å²) in [5.74, 6) is -0.223. The van der Waals surface area contributed by atoms with Crippen molar-refractivity contribution in [3.05, 3.63) is 23.8 Å². The number of carbonyl (C=O) groups is 2. The Balaban J connectivity index is 3.99. The zero-order valence-corrected chi connectivity index (χ0v) is 13.4. The fourth-order valence-electron chi connectivity index (χ4n) is 1.32. The first-order valence-corrected chi connectivity index (χ1v) is 7.25. The van der Waals surface area contributed by atoms with Crippen LogP contribution >= 0.6 is 12.2 Å². The molecular weight excluding hydrogens is 290 g/mol. The van der Waals surface area contributed by atoms with Crippen molar-refractivity contribution in [3.63, 3.8) is 0 Å². The molecule has 21 heavy (non-hydrogen) atoms. The number of Topliss-reactive ketones (excluding diaryl/α,β-unsaturated/α-hetero) is 1. The highest BCUT2D eigenvalue weighted by Crippen LogP contribution is 2.03. The van der Waals surface area contributed by atoms with E-state index in [1.165, 1.54) is 6.92 Å². The molecule has 0 aliphatic rings. The number of ketones is 1. The molecule has 0 aromatic rings. The summed E-state index contributed by atoms with van der Waals surface area (Å²) >= 11 is 4.97. The van der Waals surface area contributed by atoms with E-state index in [1.807, 2.05) is 6.08 Å². The van der Waals surface area contributed by atoms with Gasteiger partial charge < -0.3 is 15.2 Å². The highest BCUT2D eigenvalue weighted by molar-refractivity contribution is 7.80. The van der Waals surface area contributed by atoms with Gasteiger partial charge in [-0.05, 0) is 37.6 Å². The molecule has 118 valence electrons. The minimum Gasteiger partial charge on any atom is -0.485 e. The van der Waals surface area contributed by atoms with E-state index >= 15 is 0 Å². The molecule has 6 heteroatoms. The average molecular weight is 313 g/mol. The second-order valence-corrected chi connectivity index (χ2v) is 4.90. The smallest absolute Gasteiger partial charge is 0.216 e. The maximum atomic E-state index is 11.8. The van der Waals surface area contributed by atoms with Crippen molar-refractivity contribution in [1.82, 2.24) is 5.32 Å². The van der Waals surface area contributed by atoms with E-state index in [0.29, 0.717) is 18.5 Å². The molecule has 5 nitrogen and oxygen atoms in total. The molecule has 0 fully saturated rings. The largest absolute Gasteiger partial charge is 0.485 e. The van der Waals surface area contributed by atoms with Crippen LogP contribution in [0.5, 0.6) is 0 Å². The van der Waals surface area contributed by atoms with E-state index in [0.717, 1.165) is 6.42 Å². The van der Waals surface area contributed by atoms with Crippen molar-refractivity contribution >= 4 is 29.0 Å². The van der Waals surface area contributed by atoms with Crippen LogP contribution in [0.1, 0.15) is 33.1 Å². The van der Waals surface area contributed by atoms with Gasteiger partial charge in [-0.25, -0.2) is 0 Å². The summed E-state index contributed by atoms with van der Waals surface area (Å²) in [5, 5.41) is 11.4. The van der Waals surface area contributed by atoms with E-state index in [-0.39, 0.29) is 36.4 Å². The third kappa shape index (κ3) is 12.0. The van der Waals surface area contributed by atoms with Gasteiger partial charge in [0.2, 0.25) is 5.91 Å². The summed E-state index contributed by atoms with van der Waals surface area (Å²) in [5.41, 5.74) is 0.600. The van der Waals surface area contributed by atoms with Crippen LogP contribution in [0.2, 0.25) is 0 Å². The lowest BCUT2D eigenvalue weighted by Crippen LogP contribution is -2.25. The second kappa shape index (κ2) is 12.2. The van der Waals surface area contributed by atoms with Crippen LogP contribution in [0.25, 0.3) is 0 Å². The summed E-state index contributed by atoms with van der Waals surface area (Å²) < 4.78 is 5.19. The number of aliphatic hydroxyl groups excluding tert-OH is 1. The number of allylic oxidation sites excluding steroid dienone is 4. The van der Waals surface area contributed by atoms with Crippen LogP contribution in [0, 0.1) is 0 Å². The van der Waals surface area contributed by atoms with Gasteiger partial charge in [-0.3, -0.25) is 9.59 Å². The van der Waals surface area contributed by atoms with Gasteiger partial charge in [-0.1, -0.05) is 18.2 Å². The van der Waals surface area contributed by atoms with Gasteiger partial charge in [0, 0.05) is 13.5 Å². The number of aliphatic hydroxyl groups is 1. The molecular formula is C15H23NO4S. The highest BCUT2D eigenvalue weighted by Gasteiger charge is 2.08. The van der Waals surface area contributed by atoms with Crippen molar-refractivity contribution in [3.8, 4) is 0 Å². The van der Waals surface area contributed by atoms with Gasteiger partial charge >= 0.3 is 0 Å². The number of ether oxygens (including phenoxy) is 1. The molecule has 0 atom stereocenters. The third-order valence-electron chi connectivity index (χ3n) is 2.49. The molecule has 0 aromatic heterocycles. The van der Waals surface area contributed by atoms with Crippen LogP contribution < -0.4 is 5.32 Å². The summed E-state index contributed by atoms with van der Waals surface area (Å²) in [6, 6.07) is 0. The van der Waals surface area contributed by atoms with E-state index < -0.39 is 0 Å². The van der Waals surface area contributed by atoms with Crippen LogP contribution in [-0.2, 0) is 14.3 Å². The quantitative estimate of drug-likeness (QED) is 0.278. The van der Waals surface area contributed by atoms with Crippen LogP contribution in [-0.4, -0.2) is 41.6 Å². The van der Waals surface area contributed by atoms with E-state index in [2.05, 4.69) is 5.32 Å². The van der Waals surface area contributed by atoms with Crippen LogP contribution in [0.4, 0.5) is 0 Å². The molecule has 0 aliphatic carbocycles. The number of nitrogens with one attached hydrogen (secondary N) is 1. The molecule has 0 saturated carbocycles. The highest BCUT2D eigenvalue weighted by atomic mass is 32.1. The van der Waals surface area contributed by atoms with Crippen LogP contribution in [0.15, 0.2) is 23.8 Å². The number of amides is 1. The first-order chi connectivity index (χ1) is 9.97. The van der Waals surface area contributed by atoms with Gasteiger partial charge in [0.25, 0.3) is 0 Å². The predicted octanol–water partition coefficient (Wildman–Crippen LogP) is 1.70. The van der Waals surface area contributed by atoms with Gasteiger partial charge in [-0.2, -0.15) is 0 Å². The molecule has 0 saturated heterocycles.